The molecule has 0 spiro atoms. The number of H-pyrrole nitrogens is 1. The minimum absolute atomic E-state index is 0.105. The Morgan fingerprint density at radius 3 is 3.00 bits per heavy atom. The molecule has 0 unspecified atom stereocenters. The molecule has 0 aliphatic heterocycles. The number of carbonyl (C=O) groups is 1. The summed E-state index contributed by atoms with van der Waals surface area (Å²) in [5.41, 5.74) is 0.584. The molecule has 2 aromatic rings. The summed E-state index contributed by atoms with van der Waals surface area (Å²) in [7, 11) is 0. The van der Waals surface area contributed by atoms with Gasteiger partial charge in [-0.15, -0.1) is 5.10 Å². The molecule has 7 nitrogen and oxygen atoms in total. The fourth-order valence-electron chi connectivity index (χ4n) is 1.94. The van der Waals surface area contributed by atoms with E-state index in [9.17, 15) is 9.59 Å². The van der Waals surface area contributed by atoms with Crippen molar-refractivity contribution in [1.82, 2.24) is 14.8 Å². The Kier molecular flexibility index (Phi) is 6.46. The van der Waals surface area contributed by atoms with Gasteiger partial charge in [-0.1, -0.05) is 36.7 Å². The third-order valence-electron chi connectivity index (χ3n) is 3.16. The molecule has 0 saturated heterocycles. The maximum atomic E-state index is 12.0. The molecular weight excluding hydrogens is 350 g/mol. The molecule has 1 amide bonds. The molecule has 24 heavy (non-hydrogen) atoms. The van der Waals surface area contributed by atoms with Crippen molar-refractivity contribution < 1.29 is 4.79 Å². The molecule has 1 heterocycles. The van der Waals surface area contributed by atoms with Crippen molar-refractivity contribution in [3.8, 4) is 6.07 Å². The number of nitriles is 1. The van der Waals surface area contributed by atoms with Crippen LogP contribution in [0.2, 0.25) is 5.02 Å². The monoisotopic (exact) mass is 365 g/mol. The summed E-state index contributed by atoms with van der Waals surface area (Å²) >= 11 is 7.11. The zero-order valence-corrected chi connectivity index (χ0v) is 14.6. The van der Waals surface area contributed by atoms with E-state index in [1.807, 2.05) is 13.0 Å². The summed E-state index contributed by atoms with van der Waals surface area (Å²) in [5.74, 6) is -0.146. The second-order valence-corrected chi connectivity index (χ2v) is 6.31. The Labute approximate surface area is 148 Å². The first-order valence-corrected chi connectivity index (χ1v) is 8.69. The molecule has 0 saturated carbocycles. The zero-order chi connectivity index (χ0) is 17.5. The van der Waals surface area contributed by atoms with E-state index in [1.54, 1.807) is 12.1 Å². The normalized spacial score (nSPS) is 10.4. The number of benzene rings is 1. The fourth-order valence-corrected chi connectivity index (χ4v) is 2.93. The van der Waals surface area contributed by atoms with Crippen molar-refractivity contribution in [3.05, 3.63) is 39.3 Å². The number of amides is 1. The van der Waals surface area contributed by atoms with E-state index in [2.05, 4.69) is 15.5 Å². The number of halogens is 1. The van der Waals surface area contributed by atoms with Crippen LogP contribution in [0.4, 0.5) is 5.69 Å². The summed E-state index contributed by atoms with van der Waals surface area (Å²) < 4.78 is 1.53. The number of thioether (sulfide) groups is 1. The van der Waals surface area contributed by atoms with Crippen LogP contribution in [-0.4, -0.2) is 26.4 Å². The first-order chi connectivity index (χ1) is 11.5. The van der Waals surface area contributed by atoms with E-state index in [4.69, 9.17) is 16.9 Å². The van der Waals surface area contributed by atoms with Crippen LogP contribution in [-0.2, 0) is 11.3 Å². The van der Waals surface area contributed by atoms with Gasteiger partial charge in [0.25, 0.3) is 0 Å². The van der Waals surface area contributed by atoms with Gasteiger partial charge in [0.1, 0.15) is 6.07 Å². The highest BCUT2D eigenvalue weighted by atomic mass is 35.5. The minimum Gasteiger partial charge on any atom is -0.325 e. The van der Waals surface area contributed by atoms with Crippen molar-refractivity contribution in [3.63, 3.8) is 0 Å². The summed E-state index contributed by atoms with van der Waals surface area (Å²) in [5, 5.41) is 18.6. The molecule has 0 aliphatic rings. The van der Waals surface area contributed by atoms with Crippen LogP contribution >= 0.6 is 23.4 Å². The highest BCUT2D eigenvalue weighted by Crippen LogP contribution is 2.21. The van der Waals surface area contributed by atoms with Crippen LogP contribution in [0.3, 0.4) is 0 Å². The van der Waals surface area contributed by atoms with Crippen molar-refractivity contribution in [2.45, 2.75) is 31.5 Å². The van der Waals surface area contributed by atoms with E-state index in [1.165, 1.54) is 22.4 Å². The van der Waals surface area contributed by atoms with Crippen molar-refractivity contribution in [2.24, 2.45) is 0 Å². The summed E-state index contributed by atoms with van der Waals surface area (Å²) in [6, 6.07) is 6.63. The lowest BCUT2D eigenvalue weighted by molar-refractivity contribution is -0.113. The Balaban J connectivity index is 1.95. The highest BCUT2D eigenvalue weighted by molar-refractivity contribution is 7.99. The number of hydrogen-bond donors (Lipinski definition) is 2. The molecule has 126 valence electrons. The van der Waals surface area contributed by atoms with E-state index in [-0.39, 0.29) is 22.4 Å². The van der Waals surface area contributed by atoms with Crippen molar-refractivity contribution in [2.75, 3.05) is 11.1 Å². The van der Waals surface area contributed by atoms with Gasteiger partial charge in [-0.2, -0.15) is 5.26 Å². The molecule has 9 heteroatoms. The molecular formula is C15H16ClN5O2S. The lowest BCUT2D eigenvalue weighted by atomic mass is 10.2. The molecule has 0 radical (unpaired) electrons. The molecule has 1 aromatic carbocycles. The maximum absolute atomic E-state index is 12.0. The number of aromatic amines is 1. The zero-order valence-electron chi connectivity index (χ0n) is 13.0. The molecule has 2 N–H and O–H groups in total. The van der Waals surface area contributed by atoms with E-state index < -0.39 is 0 Å². The number of rotatable bonds is 7. The molecule has 1 aromatic heterocycles. The first-order valence-electron chi connectivity index (χ1n) is 7.32. The van der Waals surface area contributed by atoms with Gasteiger partial charge in [-0.3, -0.25) is 9.36 Å². The van der Waals surface area contributed by atoms with E-state index in [0.717, 1.165) is 12.8 Å². The van der Waals surface area contributed by atoms with Gasteiger partial charge in [0.15, 0.2) is 5.16 Å². The predicted octanol–water partition coefficient (Wildman–Crippen LogP) is 2.63. The van der Waals surface area contributed by atoms with Crippen molar-refractivity contribution >= 4 is 35.0 Å². The topological polar surface area (TPSA) is 104 Å². The van der Waals surface area contributed by atoms with Crippen LogP contribution in [0.25, 0.3) is 0 Å². The number of anilines is 1. The van der Waals surface area contributed by atoms with Crippen LogP contribution < -0.4 is 11.0 Å². The second-order valence-electron chi connectivity index (χ2n) is 4.96. The average Bonchev–Trinajstić information content (AvgIpc) is 2.91. The average molecular weight is 366 g/mol. The standard InChI is InChI=1S/C15H16ClN5O2S/c1-2-3-6-21-14(23)19-20-15(21)24-9-13(22)18-11-5-4-10(8-17)12(16)7-11/h4-5,7H,2-3,6,9H2,1H3,(H,18,22)(H,19,23). The van der Waals surface area contributed by atoms with Gasteiger partial charge in [0.05, 0.1) is 16.3 Å². The molecule has 2 rings (SSSR count). The third-order valence-corrected chi connectivity index (χ3v) is 4.45. The lowest BCUT2D eigenvalue weighted by Crippen LogP contribution is -2.19. The van der Waals surface area contributed by atoms with Crippen LogP contribution in [0.5, 0.6) is 0 Å². The molecule has 0 fully saturated rings. The number of nitrogens with zero attached hydrogens (tertiary/aromatic N) is 3. The van der Waals surface area contributed by atoms with Crippen LogP contribution in [0.1, 0.15) is 25.3 Å². The van der Waals surface area contributed by atoms with Gasteiger partial charge in [0, 0.05) is 12.2 Å². The number of nitrogens with one attached hydrogen (secondary N) is 2. The highest BCUT2D eigenvalue weighted by Gasteiger charge is 2.11. The summed E-state index contributed by atoms with van der Waals surface area (Å²) in [6.45, 7) is 2.61. The third kappa shape index (κ3) is 4.63. The van der Waals surface area contributed by atoms with E-state index in [0.29, 0.717) is 23.0 Å². The molecule has 0 bridgehead atoms. The molecule has 0 atom stereocenters. The smallest absolute Gasteiger partial charge is 0.325 e. The SMILES string of the molecule is CCCCn1c(SCC(=O)Nc2ccc(C#N)c(Cl)c2)n[nH]c1=O. The Hall–Kier alpha value is -2.24. The Bertz CT molecular complexity index is 824. The Morgan fingerprint density at radius 1 is 1.54 bits per heavy atom. The van der Waals surface area contributed by atoms with Gasteiger partial charge < -0.3 is 5.32 Å². The maximum Gasteiger partial charge on any atom is 0.343 e. The predicted molar refractivity (Wildman–Crippen MR) is 93.3 cm³/mol. The number of unbranched alkanes of at least 4 members (excludes halogenated alkanes) is 1. The van der Waals surface area contributed by atoms with Gasteiger partial charge >= 0.3 is 5.69 Å². The quantitative estimate of drug-likeness (QED) is 0.734. The fraction of sp³-hybridized carbons (Fsp3) is 0.333. The number of hydrogen-bond acceptors (Lipinski definition) is 5. The van der Waals surface area contributed by atoms with Gasteiger partial charge in [-0.05, 0) is 24.6 Å². The first kappa shape index (κ1) is 18.1. The van der Waals surface area contributed by atoms with Crippen LogP contribution in [0, 0.1) is 11.3 Å². The van der Waals surface area contributed by atoms with E-state index >= 15 is 0 Å². The lowest BCUT2D eigenvalue weighted by Gasteiger charge is -2.07. The van der Waals surface area contributed by atoms with Gasteiger partial charge in [-0.25, -0.2) is 9.89 Å². The summed E-state index contributed by atoms with van der Waals surface area (Å²) in [6.07, 6.45) is 1.82. The van der Waals surface area contributed by atoms with Gasteiger partial charge in [0.2, 0.25) is 5.91 Å². The number of carbonyl (C=O) groups excluding carboxylic acids is 1. The minimum atomic E-state index is -0.273. The molecule has 0 aliphatic carbocycles. The van der Waals surface area contributed by atoms with Crippen LogP contribution in [0.15, 0.2) is 28.2 Å². The Morgan fingerprint density at radius 2 is 2.33 bits per heavy atom. The van der Waals surface area contributed by atoms with Crippen molar-refractivity contribution in [1.29, 1.82) is 5.26 Å². The number of aromatic nitrogens is 3. The second kappa shape index (κ2) is 8.57. The summed E-state index contributed by atoms with van der Waals surface area (Å²) in [4.78, 5) is 23.7. The largest absolute Gasteiger partial charge is 0.343 e.